The van der Waals surface area contributed by atoms with Crippen molar-refractivity contribution in [2.75, 3.05) is 44.7 Å². The molecule has 0 radical (unpaired) electrons. The molecule has 6 nitrogen and oxygen atoms in total. The quantitative estimate of drug-likeness (QED) is 0.867. The fraction of sp³-hybridized carbons (Fsp3) is 0.391. The Morgan fingerprint density at radius 1 is 1.03 bits per heavy atom. The van der Waals surface area contributed by atoms with Gasteiger partial charge in [0.05, 0.1) is 19.8 Å². The monoisotopic (exact) mass is 393 g/mol. The number of benzene rings is 2. The number of ether oxygens (including phenoxy) is 1. The van der Waals surface area contributed by atoms with E-state index < -0.39 is 0 Å². The Balaban J connectivity index is 1.39. The van der Waals surface area contributed by atoms with Gasteiger partial charge in [-0.1, -0.05) is 30.3 Å². The second-order valence-electron chi connectivity index (χ2n) is 7.71. The fourth-order valence-corrected chi connectivity index (χ4v) is 3.92. The third-order valence-corrected chi connectivity index (χ3v) is 5.63. The molecule has 0 aliphatic carbocycles. The number of aryl methyl sites for hydroxylation is 1. The molecule has 1 fully saturated rings. The highest BCUT2D eigenvalue weighted by Crippen LogP contribution is 2.20. The average molecular weight is 393 g/mol. The first kappa shape index (κ1) is 19.6. The van der Waals surface area contributed by atoms with Gasteiger partial charge in [0, 0.05) is 37.4 Å². The third-order valence-electron chi connectivity index (χ3n) is 5.63. The summed E-state index contributed by atoms with van der Waals surface area (Å²) in [5, 5.41) is 3.00. The predicted octanol–water partition coefficient (Wildman–Crippen LogP) is 2.46. The molecule has 1 saturated heterocycles. The number of carbonyl (C=O) groups excluding carboxylic acids is 2. The molecule has 2 aromatic rings. The average Bonchev–Trinajstić information content (AvgIpc) is 2.75. The van der Waals surface area contributed by atoms with Gasteiger partial charge in [-0.25, -0.2) is 0 Å². The second kappa shape index (κ2) is 8.76. The molecule has 0 saturated carbocycles. The number of amides is 2. The lowest BCUT2D eigenvalue weighted by Crippen LogP contribution is -2.40. The van der Waals surface area contributed by atoms with Gasteiger partial charge in [0.15, 0.2) is 0 Å². The minimum atomic E-state index is -0.0524. The van der Waals surface area contributed by atoms with Crippen LogP contribution in [0.25, 0.3) is 0 Å². The van der Waals surface area contributed by atoms with Crippen LogP contribution in [0.1, 0.15) is 27.0 Å². The van der Waals surface area contributed by atoms with Crippen molar-refractivity contribution in [3.8, 4) is 0 Å². The van der Waals surface area contributed by atoms with Gasteiger partial charge in [0.1, 0.15) is 0 Å². The Kier molecular flexibility index (Phi) is 5.92. The van der Waals surface area contributed by atoms with Crippen molar-refractivity contribution >= 4 is 17.5 Å². The maximum Gasteiger partial charge on any atom is 0.254 e. The van der Waals surface area contributed by atoms with E-state index in [9.17, 15) is 9.59 Å². The van der Waals surface area contributed by atoms with Gasteiger partial charge < -0.3 is 15.0 Å². The first-order valence-corrected chi connectivity index (χ1v) is 10.2. The van der Waals surface area contributed by atoms with Gasteiger partial charge >= 0.3 is 0 Å². The van der Waals surface area contributed by atoms with E-state index in [2.05, 4.69) is 28.4 Å². The molecule has 0 spiro atoms. The summed E-state index contributed by atoms with van der Waals surface area (Å²) in [7, 11) is 0. The van der Waals surface area contributed by atoms with Crippen LogP contribution in [0.3, 0.4) is 0 Å². The molecule has 2 aromatic carbocycles. The highest BCUT2D eigenvalue weighted by molar-refractivity contribution is 5.98. The molecule has 4 rings (SSSR count). The summed E-state index contributed by atoms with van der Waals surface area (Å²) in [6, 6.07) is 13.9. The summed E-state index contributed by atoms with van der Waals surface area (Å²) in [5.74, 6) is -0.0695. The van der Waals surface area contributed by atoms with Crippen molar-refractivity contribution < 1.29 is 14.3 Å². The van der Waals surface area contributed by atoms with Gasteiger partial charge in [-0.2, -0.15) is 0 Å². The molecule has 152 valence electrons. The SMILES string of the molecule is Cc1ccc(C(=O)N2CCOCC2)cc1NC(=O)CN1CCc2ccccc2C1. The van der Waals surface area contributed by atoms with Gasteiger partial charge in [-0.3, -0.25) is 14.5 Å². The van der Waals surface area contributed by atoms with Crippen molar-refractivity contribution in [2.45, 2.75) is 19.9 Å². The smallest absolute Gasteiger partial charge is 0.254 e. The summed E-state index contributed by atoms with van der Waals surface area (Å²) in [4.78, 5) is 29.4. The topological polar surface area (TPSA) is 61.9 Å². The number of nitrogens with zero attached hydrogens (tertiary/aromatic N) is 2. The van der Waals surface area contributed by atoms with Crippen LogP contribution in [0, 0.1) is 6.92 Å². The van der Waals surface area contributed by atoms with Gasteiger partial charge in [0.2, 0.25) is 5.91 Å². The van der Waals surface area contributed by atoms with Gasteiger partial charge in [-0.15, -0.1) is 0 Å². The third kappa shape index (κ3) is 4.66. The lowest BCUT2D eigenvalue weighted by atomic mass is 10.00. The molecule has 0 aromatic heterocycles. The highest BCUT2D eigenvalue weighted by atomic mass is 16.5. The zero-order valence-corrected chi connectivity index (χ0v) is 16.8. The summed E-state index contributed by atoms with van der Waals surface area (Å²) in [5.41, 5.74) is 4.90. The van der Waals surface area contributed by atoms with Crippen LogP contribution in [0.5, 0.6) is 0 Å². The highest BCUT2D eigenvalue weighted by Gasteiger charge is 2.21. The molecule has 0 unspecified atom stereocenters. The molecule has 1 N–H and O–H groups in total. The van der Waals surface area contributed by atoms with Gasteiger partial charge in [-0.05, 0) is 42.2 Å². The predicted molar refractivity (Wildman–Crippen MR) is 112 cm³/mol. The normalized spacial score (nSPS) is 16.9. The van der Waals surface area contributed by atoms with E-state index in [0.717, 1.165) is 25.1 Å². The van der Waals surface area contributed by atoms with E-state index in [-0.39, 0.29) is 11.8 Å². The minimum Gasteiger partial charge on any atom is -0.378 e. The molecule has 2 aliphatic rings. The molecule has 2 aliphatic heterocycles. The zero-order valence-electron chi connectivity index (χ0n) is 16.8. The number of hydrogen-bond donors (Lipinski definition) is 1. The van der Waals surface area contributed by atoms with Crippen LogP contribution in [0.4, 0.5) is 5.69 Å². The molecular formula is C23H27N3O3. The van der Waals surface area contributed by atoms with Crippen LogP contribution in [0.15, 0.2) is 42.5 Å². The van der Waals surface area contributed by atoms with Crippen LogP contribution < -0.4 is 5.32 Å². The second-order valence-corrected chi connectivity index (χ2v) is 7.71. The Labute approximate surface area is 171 Å². The van der Waals surface area contributed by atoms with Crippen LogP contribution in [-0.2, 0) is 22.5 Å². The Bertz CT molecular complexity index is 906. The number of rotatable bonds is 4. The van der Waals surface area contributed by atoms with E-state index in [1.807, 2.05) is 25.1 Å². The van der Waals surface area contributed by atoms with Crippen LogP contribution in [0.2, 0.25) is 0 Å². The van der Waals surface area contributed by atoms with Crippen molar-refractivity contribution in [1.29, 1.82) is 0 Å². The first-order chi connectivity index (χ1) is 14.1. The van der Waals surface area contributed by atoms with Crippen molar-refractivity contribution in [2.24, 2.45) is 0 Å². The minimum absolute atomic E-state index is 0.0172. The standard InChI is InChI=1S/C23H27N3O3/c1-17-6-7-19(23(28)26-10-12-29-13-11-26)14-21(17)24-22(27)16-25-9-8-18-4-2-3-5-20(18)15-25/h2-7,14H,8-13,15-16H2,1H3,(H,24,27). The van der Waals surface area contributed by atoms with Crippen LogP contribution >= 0.6 is 0 Å². The summed E-state index contributed by atoms with van der Waals surface area (Å²) >= 11 is 0. The molecule has 29 heavy (non-hydrogen) atoms. The summed E-state index contributed by atoms with van der Waals surface area (Å²) in [6.07, 6.45) is 0.964. The fourth-order valence-electron chi connectivity index (χ4n) is 3.92. The lowest BCUT2D eigenvalue weighted by molar-refractivity contribution is -0.117. The molecule has 0 bridgehead atoms. The molecule has 2 heterocycles. The summed E-state index contributed by atoms with van der Waals surface area (Å²) in [6.45, 7) is 6.29. The lowest BCUT2D eigenvalue weighted by Gasteiger charge is -2.28. The number of morpholine rings is 1. The molecule has 2 amide bonds. The molecule has 0 atom stereocenters. The number of nitrogens with one attached hydrogen (secondary N) is 1. The van der Waals surface area contributed by atoms with Crippen molar-refractivity contribution in [3.05, 3.63) is 64.7 Å². The number of hydrogen-bond acceptors (Lipinski definition) is 4. The van der Waals surface area contributed by atoms with Crippen LogP contribution in [-0.4, -0.2) is 61.0 Å². The van der Waals surface area contributed by atoms with Gasteiger partial charge in [0.25, 0.3) is 5.91 Å². The number of carbonyl (C=O) groups is 2. The molecule has 6 heteroatoms. The van der Waals surface area contributed by atoms with E-state index in [1.54, 1.807) is 11.0 Å². The maximum atomic E-state index is 12.7. The van der Waals surface area contributed by atoms with Crippen molar-refractivity contribution in [3.63, 3.8) is 0 Å². The number of anilines is 1. The maximum absolute atomic E-state index is 12.7. The zero-order chi connectivity index (χ0) is 20.2. The van der Waals surface area contributed by atoms with E-state index in [4.69, 9.17) is 4.74 Å². The largest absolute Gasteiger partial charge is 0.378 e. The molecular weight excluding hydrogens is 366 g/mol. The van der Waals surface area contributed by atoms with E-state index in [0.29, 0.717) is 44.1 Å². The Morgan fingerprint density at radius 3 is 2.59 bits per heavy atom. The Hall–Kier alpha value is -2.70. The van der Waals surface area contributed by atoms with Crippen molar-refractivity contribution in [1.82, 2.24) is 9.80 Å². The van der Waals surface area contributed by atoms with E-state index >= 15 is 0 Å². The Morgan fingerprint density at radius 2 is 1.79 bits per heavy atom. The van der Waals surface area contributed by atoms with E-state index in [1.165, 1.54) is 11.1 Å². The summed E-state index contributed by atoms with van der Waals surface area (Å²) < 4.78 is 5.32. The number of fused-ring (bicyclic) bond motifs is 1. The first-order valence-electron chi connectivity index (χ1n) is 10.2.